The summed E-state index contributed by atoms with van der Waals surface area (Å²) < 4.78 is 2.16. The minimum atomic E-state index is 0.0857. The number of carbonyl (C=O) groups excluding carboxylic acids is 1. The van der Waals surface area contributed by atoms with Crippen LogP contribution in [0.1, 0.15) is 49.3 Å². The smallest absolute Gasteiger partial charge is 0.226 e. The van der Waals surface area contributed by atoms with Crippen molar-refractivity contribution < 1.29 is 4.79 Å². The molecule has 4 rings (SSSR count). The van der Waals surface area contributed by atoms with Crippen LogP contribution >= 0.6 is 11.6 Å². The first-order chi connectivity index (χ1) is 11.5. The molecule has 126 valence electrons. The van der Waals surface area contributed by atoms with Crippen LogP contribution in [-0.4, -0.2) is 32.1 Å². The normalized spacial score (nSPS) is 22.6. The molecule has 0 N–H and O–H groups in total. The summed E-state index contributed by atoms with van der Waals surface area (Å²) >= 11 is 6.06. The fraction of sp³-hybridized carbons (Fsp3) is 0.500. The van der Waals surface area contributed by atoms with E-state index in [0.717, 1.165) is 36.2 Å². The van der Waals surface area contributed by atoms with Crippen LogP contribution in [0, 0.1) is 5.92 Å². The first kappa shape index (κ1) is 15.6. The summed E-state index contributed by atoms with van der Waals surface area (Å²) in [6.07, 6.45) is 0.916. The number of nitrogens with zero attached hydrogens (tertiary/aromatic N) is 4. The molecule has 0 radical (unpaired) electrons. The van der Waals surface area contributed by atoms with Crippen molar-refractivity contribution in [2.45, 2.75) is 45.2 Å². The van der Waals surface area contributed by atoms with Crippen LogP contribution in [0.4, 0.5) is 0 Å². The van der Waals surface area contributed by atoms with Gasteiger partial charge in [0.15, 0.2) is 5.82 Å². The molecule has 0 unspecified atom stereocenters. The Morgan fingerprint density at radius 2 is 2.12 bits per heavy atom. The van der Waals surface area contributed by atoms with Crippen molar-refractivity contribution in [2.24, 2.45) is 5.92 Å². The maximum absolute atomic E-state index is 12.8. The van der Waals surface area contributed by atoms with Crippen LogP contribution in [0.25, 0.3) is 0 Å². The number of carbonyl (C=O) groups is 1. The molecule has 0 spiro atoms. The van der Waals surface area contributed by atoms with Gasteiger partial charge in [0.2, 0.25) is 5.91 Å². The number of benzene rings is 1. The van der Waals surface area contributed by atoms with Crippen LogP contribution in [0.5, 0.6) is 0 Å². The van der Waals surface area contributed by atoms with E-state index in [1.165, 1.54) is 5.56 Å². The number of aromatic nitrogens is 3. The van der Waals surface area contributed by atoms with Crippen LogP contribution in [0.15, 0.2) is 24.3 Å². The van der Waals surface area contributed by atoms with Crippen molar-refractivity contribution >= 4 is 17.5 Å². The highest BCUT2D eigenvalue weighted by Crippen LogP contribution is 2.49. The molecular weight excluding hydrogens is 324 g/mol. The van der Waals surface area contributed by atoms with Gasteiger partial charge >= 0.3 is 0 Å². The number of hydrogen-bond donors (Lipinski definition) is 0. The Kier molecular flexibility index (Phi) is 3.83. The van der Waals surface area contributed by atoms with Gasteiger partial charge in [0.1, 0.15) is 5.82 Å². The van der Waals surface area contributed by atoms with Crippen LogP contribution in [0.2, 0.25) is 5.02 Å². The minimum absolute atomic E-state index is 0.0857. The second-order valence-corrected chi connectivity index (χ2v) is 7.48. The molecule has 1 amide bonds. The van der Waals surface area contributed by atoms with Gasteiger partial charge in [-0.2, -0.15) is 0 Å². The third kappa shape index (κ3) is 2.71. The van der Waals surface area contributed by atoms with Gasteiger partial charge < -0.3 is 9.47 Å². The molecule has 1 aromatic heterocycles. The molecule has 2 atom stereocenters. The highest BCUT2D eigenvalue weighted by atomic mass is 35.5. The van der Waals surface area contributed by atoms with Crippen molar-refractivity contribution in [3.8, 4) is 0 Å². The second-order valence-electron chi connectivity index (χ2n) is 7.04. The third-order valence-corrected chi connectivity index (χ3v) is 5.23. The van der Waals surface area contributed by atoms with E-state index in [1.54, 1.807) is 0 Å². The molecule has 1 aliphatic carbocycles. The molecule has 2 aromatic rings. The lowest BCUT2D eigenvalue weighted by molar-refractivity contribution is -0.134. The fourth-order valence-corrected chi connectivity index (χ4v) is 3.80. The van der Waals surface area contributed by atoms with Gasteiger partial charge in [-0.25, -0.2) is 0 Å². The molecule has 6 heteroatoms. The standard InChI is InChI=1S/C18H21ClN4O/c1-11(2)17-21-20-16-10-22(6-7-23(16)17)18(24)15-9-14(15)12-4-3-5-13(19)8-12/h3-5,8,11,14-15H,6-7,9-10H2,1-2H3/t14-,15-/m0/s1. The Balaban J connectivity index is 1.45. The second kappa shape index (κ2) is 5.88. The van der Waals surface area contributed by atoms with Gasteiger partial charge in [0, 0.05) is 29.9 Å². The predicted molar refractivity (Wildman–Crippen MR) is 91.8 cm³/mol. The molecule has 2 aliphatic rings. The zero-order valence-corrected chi connectivity index (χ0v) is 14.7. The van der Waals surface area contributed by atoms with E-state index in [0.29, 0.717) is 18.4 Å². The molecule has 5 nitrogen and oxygen atoms in total. The third-order valence-electron chi connectivity index (χ3n) is 4.99. The summed E-state index contributed by atoms with van der Waals surface area (Å²) in [6, 6.07) is 7.86. The molecule has 2 heterocycles. The van der Waals surface area contributed by atoms with Crippen LogP contribution in [0.3, 0.4) is 0 Å². The zero-order valence-electron chi connectivity index (χ0n) is 13.9. The van der Waals surface area contributed by atoms with E-state index in [4.69, 9.17) is 11.6 Å². The van der Waals surface area contributed by atoms with Crippen molar-refractivity contribution in [3.63, 3.8) is 0 Å². The van der Waals surface area contributed by atoms with Gasteiger partial charge in [-0.05, 0) is 30.0 Å². The lowest BCUT2D eigenvalue weighted by Crippen LogP contribution is -2.39. The van der Waals surface area contributed by atoms with Crippen molar-refractivity contribution in [3.05, 3.63) is 46.5 Å². The monoisotopic (exact) mass is 344 g/mol. The van der Waals surface area contributed by atoms with Crippen molar-refractivity contribution in [1.29, 1.82) is 0 Å². The van der Waals surface area contributed by atoms with E-state index in [-0.39, 0.29) is 11.8 Å². The summed E-state index contributed by atoms with van der Waals surface area (Å²) in [5.41, 5.74) is 1.17. The molecule has 0 saturated heterocycles. The molecule has 1 saturated carbocycles. The highest BCUT2D eigenvalue weighted by Gasteiger charge is 2.46. The lowest BCUT2D eigenvalue weighted by atomic mass is 10.1. The average Bonchev–Trinajstić information content (AvgIpc) is 3.25. The van der Waals surface area contributed by atoms with Crippen LogP contribution < -0.4 is 0 Å². The summed E-state index contributed by atoms with van der Waals surface area (Å²) in [7, 11) is 0. The SMILES string of the molecule is CC(C)c1nnc2n1CCN(C(=O)[C@H]1C[C@H]1c1cccc(Cl)c1)C2. The number of rotatable bonds is 3. The maximum atomic E-state index is 12.8. The van der Waals surface area contributed by atoms with E-state index < -0.39 is 0 Å². The Labute approximate surface area is 146 Å². The Morgan fingerprint density at radius 3 is 2.88 bits per heavy atom. The molecule has 24 heavy (non-hydrogen) atoms. The number of amides is 1. The molecular formula is C18H21ClN4O. The van der Waals surface area contributed by atoms with Crippen molar-refractivity contribution in [1.82, 2.24) is 19.7 Å². The summed E-state index contributed by atoms with van der Waals surface area (Å²) in [5.74, 6) is 2.90. The van der Waals surface area contributed by atoms with Gasteiger partial charge in [0.05, 0.1) is 6.54 Å². The topological polar surface area (TPSA) is 51.0 Å². The van der Waals surface area contributed by atoms with Gasteiger partial charge in [0.25, 0.3) is 0 Å². The number of hydrogen-bond acceptors (Lipinski definition) is 3. The minimum Gasteiger partial charge on any atom is -0.333 e. The van der Waals surface area contributed by atoms with Gasteiger partial charge in [-0.15, -0.1) is 10.2 Å². The highest BCUT2D eigenvalue weighted by molar-refractivity contribution is 6.30. The van der Waals surface area contributed by atoms with Gasteiger partial charge in [-0.3, -0.25) is 4.79 Å². The quantitative estimate of drug-likeness (QED) is 0.859. The molecule has 0 bridgehead atoms. The van der Waals surface area contributed by atoms with Crippen LogP contribution in [-0.2, 0) is 17.9 Å². The van der Waals surface area contributed by atoms with E-state index in [2.05, 4.69) is 34.7 Å². The number of halogens is 1. The summed E-state index contributed by atoms with van der Waals surface area (Å²) in [6.45, 7) is 6.33. The summed E-state index contributed by atoms with van der Waals surface area (Å²) in [4.78, 5) is 14.7. The zero-order chi connectivity index (χ0) is 16.8. The lowest BCUT2D eigenvalue weighted by Gasteiger charge is -2.28. The van der Waals surface area contributed by atoms with E-state index in [9.17, 15) is 4.79 Å². The first-order valence-corrected chi connectivity index (χ1v) is 8.88. The summed E-state index contributed by atoms with van der Waals surface area (Å²) in [5, 5.41) is 9.30. The Morgan fingerprint density at radius 1 is 1.29 bits per heavy atom. The van der Waals surface area contributed by atoms with E-state index >= 15 is 0 Å². The first-order valence-electron chi connectivity index (χ1n) is 8.51. The number of fused-ring (bicyclic) bond motifs is 1. The predicted octanol–water partition coefficient (Wildman–Crippen LogP) is 3.20. The fourth-order valence-electron chi connectivity index (χ4n) is 3.60. The molecule has 1 aromatic carbocycles. The van der Waals surface area contributed by atoms with Gasteiger partial charge in [-0.1, -0.05) is 37.6 Å². The molecule has 1 aliphatic heterocycles. The average molecular weight is 345 g/mol. The molecule has 1 fully saturated rings. The van der Waals surface area contributed by atoms with E-state index in [1.807, 2.05) is 23.1 Å². The maximum Gasteiger partial charge on any atom is 0.226 e. The van der Waals surface area contributed by atoms with Crippen molar-refractivity contribution in [2.75, 3.05) is 6.54 Å². The Hall–Kier alpha value is -1.88. The largest absolute Gasteiger partial charge is 0.333 e. The Bertz CT molecular complexity index is 785.